The Balaban J connectivity index is 2.40. The van der Waals surface area contributed by atoms with Crippen molar-refractivity contribution in [2.75, 3.05) is 11.2 Å². The minimum Gasteiger partial charge on any atom is -0.481 e. The van der Waals surface area contributed by atoms with E-state index in [4.69, 9.17) is 16.7 Å². The molecule has 0 aliphatic heterocycles. The van der Waals surface area contributed by atoms with Crippen LogP contribution in [0.2, 0.25) is 0 Å². The fourth-order valence-electron chi connectivity index (χ4n) is 2.00. The summed E-state index contributed by atoms with van der Waals surface area (Å²) in [6.07, 6.45) is -0.160. The maximum absolute atomic E-state index is 11.5. The Morgan fingerprint density at radius 2 is 1.76 bits per heavy atom. The van der Waals surface area contributed by atoms with E-state index in [9.17, 15) is 9.59 Å². The van der Waals surface area contributed by atoms with Crippen molar-refractivity contribution in [3.05, 3.63) is 54.1 Å². The van der Waals surface area contributed by atoms with Gasteiger partial charge in [-0.1, -0.05) is 42.5 Å². The average molecular weight is 304 g/mol. The van der Waals surface area contributed by atoms with Gasteiger partial charge in [-0.3, -0.25) is 9.59 Å². The molecule has 0 aromatic heterocycles. The van der Waals surface area contributed by atoms with Gasteiger partial charge in [-0.05, 0) is 22.8 Å². The molecule has 2 aromatic carbocycles. The number of rotatable bonds is 5. The molecule has 0 saturated carbocycles. The van der Waals surface area contributed by atoms with E-state index in [1.165, 1.54) is 0 Å². The van der Waals surface area contributed by atoms with Crippen LogP contribution in [-0.2, 0) is 16.0 Å². The summed E-state index contributed by atoms with van der Waals surface area (Å²) in [5.41, 5.74) is 2.90. The van der Waals surface area contributed by atoms with E-state index in [1.807, 2.05) is 36.4 Å². The van der Waals surface area contributed by atoms with Crippen LogP contribution in [0.25, 0.3) is 11.1 Å². The number of amides is 1. The largest absolute Gasteiger partial charge is 0.481 e. The van der Waals surface area contributed by atoms with Crippen molar-refractivity contribution in [1.82, 2.24) is 0 Å². The van der Waals surface area contributed by atoms with Crippen LogP contribution in [0.5, 0.6) is 0 Å². The van der Waals surface area contributed by atoms with E-state index in [-0.39, 0.29) is 18.2 Å². The molecule has 0 fully saturated rings. The van der Waals surface area contributed by atoms with E-state index in [0.717, 1.165) is 11.1 Å². The lowest BCUT2D eigenvalue weighted by Crippen LogP contribution is -2.15. The molecular formula is C16H14ClNO3. The number of carboxylic acid groups (broad SMARTS) is 1. The normalized spacial score (nSPS) is 10.1. The summed E-state index contributed by atoms with van der Waals surface area (Å²) in [4.78, 5) is 22.4. The zero-order valence-corrected chi connectivity index (χ0v) is 11.9. The van der Waals surface area contributed by atoms with E-state index >= 15 is 0 Å². The molecule has 0 aliphatic rings. The summed E-state index contributed by atoms with van der Waals surface area (Å²) in [5, 5.41) is 11.6. The first-order chi connectivity index (χ1) is 10.1. The number of alkyl halides is 1. The molecule has 108 valence electrons. The van der Waals surface area contributed by atoms with E-state index < -0.39 is 5.97 Å². The fourth-order valence-corrected chi connectivity index (χ4v) is 2.07. The van der Waals surface area contributed by atoms with Crippen LogP contribution in [0.1, 0.15) is 5.56 Å². The molecule has 0 spiro atoms. The number of carboxylic acids is 1. The van der Waals surface area contributed by atoms with Crippen LogP contribution >= 0.6 is 11.6 Å². The maximum Gasteiger partial charge on any atom is 0.307 e. The highest BCUT2D eigenvalue weighted by molar-refractivity contribution is 6.29. The summed E-state index contributed by atoms with van der Waals surface area (Å²) in [5.74, 6) is -1.50. The highest BCUT2D eigenvalue weighted by atomic mass is 35.5. The predicted molar refractivity (Wildman–Crippen MR) is 82.6 cm³/mol. The van der Waals surface area contributed by atoms with E-state index in [1.54, 1.807) is 12.1 Å². The Bertz CT molecular complexity index is 656. The number of halogens is 1. The number of anilines is 1. The third kappa shape index (κ3) is 4.07. The highest BCUT2D eigenvalue weighted by Gasteiger charge is 2.11. The van der Waals surface area contributed by atoms with Crippen LogP contribution in [0.4, 0.5) is 5.69 Å². The number of benzene rings is 2. The molecule has 0 heterocycles. The van der Waals surface area contributed by atoms with Gasteiger partial charge in [0.15, 0.2) is 0 Å². The monoisotopic (exact) mass is 303 g/mol. The SMILES string of the molecule is O=C(O)Cc1ccc(-c2ccccc2)cc1NC(=O)CCl. The second-order valence-corrected chi connectivity index (χ2v) is 4.76. The molecule has 5 heteroatoms. The molecule has 0 radical (unpaired) electrons. The number of aliphatic carboxylic acids is 1. The molecule has 21 heavy (non-hydrogen) atoms. The Kier molecular flexibility index (Phi) is 4.95. The first kappa shape index (κ1) is 15.1. The fraction of sp³-hybridized carbons (Fsp3) is 0.125. The lowest BCUT2D eigenvalue weighted by atomic mass is 10.0. The van der Waals surface area contributed by atoms with Crippen molar-refractivity contribution in [3.8, 4) is 11.1 Å². The molecular weight excluding hydrogens is 290 g/mol. The van der Waals surface area contributed by atoms with Crippen LogP contribution in [0, 0.1) is 0 Å². The lowest BCUT2D eigenvalue weighted by molar-refractivity contribution is -0.136. The van der Waals surface area contributed by atoms with Gasteiger partial charge < -0.3 is 10.4 Å². The minimum atomic E-state index is -0.955. The van der Waals surface area contributed by atoms with Gasteiger partial charge in [0.1, 0.15) is 5.88 Å². The van der Waals surface area contributed by atoms with Gasteiger partial charge >= 0.3 is 5.97 Å². The number of carbonyl (C=O) groups is 2. The highest BCUT2D eigenvalue weighted by Crippen LogP contribution is 2.26. The summed E-state index contributed by atoms with van der Waals surface area (Å²) >= 11 is 5.49. The zero-order valence-electron chi connectivity index (χ0n) is 11.2. The second kappa shape index (κ2) is 6.90. The van der Waals surface area contributed by atoms with Gasteiger partial charge in [-0.2, -0.15) is 0 Å². The second-order valence-electron chi connectivity index (χ2n) is 4.49. The van der Waals surface area contributed by atoms with Gasteiger partial charge in [0, 0.05) is 5.69 Å². The van der Waals surface area contributed by atoms with Gasteiger partial charge in [-0.25, -0.2) is 0 Å². The maximum atomic E-state index is 11.5. The Morgan fingerprint density at radius 3 is 2.38 bits per heavy atom. The topological polar surface area (TPSA) is 66.4 Å². The standard InChI is InChI=1S/C16H14ClNO3/c17-10-15(19)18-14-8-12(11-4-2-1-3-5-11)6-7-13(14)9-16(20)21/h1-8H,9-10H2,(H,18,19)(H,20,21). The van der Waals surface area contributed by atoms with E-state index in [0.29, 0.717) is 11.3 Å². The molecule has 1 amide bonds. The lowest BCUT2D eigenvalue weighted by Gasteiger charge is -2.11. The summed E-state index contributed by atoms with van der Waals surface area (Å²) in [6.45, 7) is 0. The number of carbonyl (C=O) groups excluding carboxylic acids is 1. The smallest absolute Gasteiger partial charge is 0.307 e. The predicted octanol–water partition coefficient (Wildman–Crippen LogP) is 3.16. The van der Waals surface area contributed by atoms with Gasteiger partial charge in [0.25, 0.3) is 0 Å². The molecule has 0 unspecified atom stereocenters. The summed E-state index contributed by atoms with van der Waals surface area (Å²) < 4.78 is 0. The average Bonchev–Trinajstić information content (AvgIpc) is 2.49. The summed E-state index contributed by atoms with van der Waals surface area (Å²) in [6, 6.07) is 14.9. The molecule has 2 aromatic rings. The molecule has 4 nitrogen and oxygen atoms in total. The molecule has 0 saturated heterocycles. The Labute approximate surface area is 127 Å². The van der Waals surface area contributed by atoms with Crippen molar-refractivity contribution in [3.63, 3.8) is 0 Å². The van der Waals surface area contributed by atoms with E-state index in [2.05, 4.69) is 5.32 Å². The molecule has 2 N–H and O–H groups in total. The van der Waals surface area contributed by atoms with Crippen molar-refractivity contribution in [2.24, 2.45) is 0 Å². The third-order valence-electron chi connectivity index (χ3n) is 2.95. The molecule has 0 bridgehead atoms. The van der Waals surface area contributed by atoms with Gasteiger partial charge in [-0.15, -0.1) is 11.6 Å². The van der Waals surface area contributed by atoms with Gasteiger partial charge in [0.05, 0.1) is 6.42 Å². The Hall–Kier alpha value is -2.33. The Morgan fingerprint density at radius 1 is 1.05 bits per heavy atom. The third-order valence-corrected chi connectivity index (χ3v) is 3.20. The van der Waals surface area contributed by atoms with Crippen molar-refractivity contribution in [2.45, 2.75) is 6.42 Å². The van der Waals surface area contributed by atoms with Crippen molar-refractivity contribution >= 4 is 29.2 Å². The quantitative estimate of drug-likeness (QED) is 0.834. The first-order valence-electron chi connectivity index (χ1n) is 6.36. The number of nitrogens with one attached hydrogen (secondary N) is 1. The molecule has 2 rings (SSSR count). The zero-order chi connectivity index (χ0) is 15.2. The first-order valence-corrected chi connectivity index (χ1v) is 6.89. The van der Waals surface area contributed by atoms with Crippen LogP contribution < -0.4 is 5.32 Å². The van der Waals surface area contributed by atoms with Crippen molar-refractivity contribution in [1.29, 1.82) is 0 Å². The number of hydrogen-bond donors (Lipinski definition) is 2. The minimum absolute atomic E-state index is 0.160. The van der Waals surface area contributed by atoms with Crippen LogP contribution in [-0.4, -0.2) is 22.9 Å². The summed E-state index contributed by atoms with van der Waals surface area (Å²) in [7, 11) is 0. The van der Waals surface area contributed by atoms with Gasteiger partial charge in [0.2, 0.25) is 5.91 Å². The molecule has 0 aliphatic carbocycles. The van der Waals surface area contributed by atoms with Crippen molar-refractivity contribution < 1.29 is 14.7 Å². The van der Waals surface area contributed by atoms with Crippen LogP contribution in [0.3, 0.4) is 0 Å². The van der Waals surface area contributed by atoms with Crippen LogP contribution in [0.15, 0.2) is 48.5 Å². The number of hydrogen-bond acceptors (Lipinski definition) is 2. The molecule has 0 atom stereocenters.